The van der Waals surface area contributed by atoms with Crippen LogP contribution in [0.25, 0.3) is 56.5 Å². The van der Waals surface area contributed by atoms with E-state index in [1.807, 2.05) is 49.4 Å². The molecule has 9 amide bonds. The summed E-state index contributed by atoms with van der Waals surface area (Å²) in [5.74, 6) is -4.46. The first-order valence-electron chi connectivity index (χ1n) is 42.5. The number of carbonyl (C=O) groups excluding carboxylic acids is 8. The second-order valence-corrected chi connectivity index (χ2v) is 33.8. The summed E-state index contributed by atoms with van der Waals surface area (Å²) in [5, 5.41) is 34.1. The molecule has 26 nitrogen and oxygen atoms in total. The molecule has 30 heteroatoms. The summed E-state index contributed by atoms with van der Waals surface area (Å²) in [6, 6.07) is 43.2. The van der Waals surface area contributed by atoms with E-state index >= 15 is 8.78 Å². The van der Waals surface area contributed by atoms with E-state index in [0.29, 0.717) is 99.6 Å². The molecule has 0 bridgehead atoms. The van der Waals surface area contributed by atoms with Crippen LogP contribution in [0.1, 0.15) is 155 Å². The maximum atomic E-state index is 15.2. The lowest BCUT2D eigenvalue weighted by Gasteiger charge is -2.34. The number of ether oxygens (including phenoxy) is 1. The maximum absolute atomic E-state index is 15.2. The number of piperazine rings is 1. The molecule has 8 aromatic carbocycles. The monoisotopic (exact) mass is 1740 g/mol. The van der Waals surface area contributed by atoms with Gasteiger partial charge >= 0.3 is 12.1 Å². The number of aromatic nitrogens is 5. The standard InChI is InChI=1S/C49H50F2N8O6.C49H51F2N7O5/c1-30-39(23-34(50)24-42(30)55-47(62)38-14-13-33(22-41(38)51)49(2,3)64)45-40-26-43(54-46(40)53-29-52-45)32-11-9-31(10-12-32)27-58-20-18-57(19-21-58)16-5-7-36(60)28-65-37-8-4-6-35(25-37)59-17-15-44(61)56-48(59)63;1-29-9-10-32(20-43(29)58-19-17-45(60)56-48(58)62)26-52-44(59)8-6-7-18-57(5)27-31-11-13-33(14-12-31)34-21-39-42(22-34)53-28-54-46(39)38-24-36(50)25-41(30(38)2)55-47(61)37-16-15-35(23-40(37)51)49(3,4)63/h4,6,8-14,22-26,29,64H,5,7,15-21,27-28H2,1-3H3,(H,55,62)(H,52,53,54)(H,56,61,63);9-16,20-21,23-25,28,63H,6-8,17-19,22,26-27H2,1-5H3,(H,52,59)(H,55,61)(H,56,60,62). The molecule has 128 heavy (non-hydrogen) atoms. The van der Waals surface area contributed by atoms with Crippen molar-refractivity contribution in [3.05, 3.63) is 266 Å². The second-order valence-electron chi connectivity index (χ2n) is 33.8. The van der Waals surface area contributed by atoms with Gasteiger partial charge < -0.3 is 45.7 Å². The zero-order chi connectivity index (χ0) is 90.8. The topological polar surface area (TPSA) is 330 Å². The minimum absolute atomic E-state index is 0.00489. The Balaban J connectivity index is 0.000000207. The SMILES string of the molecule is Cc1c(NC(=O)c2ccc(C(C)(C)O)cc2F)cc(F)cc1-c1ncnc2[nH]c(-c3ccc(CN4CCN(CCCC(=O)COc5cccc(N6CCC(=O)NC6=O)c5)CC4)cc3)cc12.Cc1ccc(CNC(=O)CCCCN(C)Cc2ccc(C3=Cc4c(ncnc4-c4cc(F)cc(NC(=O)c5ccc(C(C)(C)O)cc5F)c4C)C3)cc2)cc1N1CCC(=O)NC1=O. The van der Waals surface area contributed by atoms with E-state index in [2.05, 4.69) is 110 Å². The lowest BCUT2D eigenvalue weighted by Crippen LogP contribution is -2.49. The van der Waals surface area contributed by atoms with Crippen molar-refractivity contribution in [1.29, 1.82) is 0 Å². The number of nitrogens with one attached hydrogen (secondary N) is 6. The van der Waals surface area contributed by atoms with Gasteiger partial charge in [-0.2, -0.15) is 0 Å². The van der Waals surface area contributed by atoms with Gasteiger partial charge in [0, 0.05) is 148 Å². The van der Waals surface area contributed by atoms with Crippen molar-refractivity contribution in [2.24, 2.45) is 0 Å². The minimum atomic E-state index is -1.29. The number of amides is 9. The third kappa shape index (κ3) is 22.3. The number of anilines is 4. The molecule has 0 saturated carbocycles. The third-order valence-electron chi connectivity index (χ3n) is 23.4. The lowest BCUT2D eigenvalue weighted by atomic mass is 9.96. The Labute approximate surface area is 738 Å². The number of ketones is 1. The molecule has 1 aliphatic carbocycles. The van der Waals surface area contributed by atoms with Crippen LogP contribution in [0.5, 0.6) is 5.75 Å². The number of halogens is 4. The number of rotatable bonds is 30. The number of nitrogens with zero attached hydrogens (tertiary/aromatic N) is 9. The van der Waals surface area contributed by atoms with Crippen molar-refractivity contribution in [2.75, 3.05) is 86.4 Å². The van der Waals surface area contributed by atoms with Crippen molar-refractivity contribution < 1.29 is 70.9 Å². The van der Waals surface area contributed by atoms with Gasteiger partial charge in [0.25, 0.3) is 11.8 Å². The number of imide groups is 2. The average Bonchev–Trinajstić information content (AvgIpc) is 1.60. The Morgan fingerprint density at radius 1 is 0.578 bits per heavy atom. The van der Waals surface area contributed by atoms with E-state index in [1.54, 1.807) is 43.0 Å². The Bertz CT molecular complexity index is 6120. The molecule has 4 aliphatic rings. The van der Waals surface area contributed by atoms with Crippen LogP contribution in [-0.2, 0) is 56.4 Å². The van der Waals surface area contributed by atoms with Crippen LogP contribution < -0.4 is 41.1 Å². The summed E-state index contributed by atoms with van der Waals surface area (Å²) >= 11 is 0. The summed E-state index contributed by atoms with van der Waals surface area (Å²) < 4.78 is 66.0. The Morgan fingerprint density at radius 2 is 1.16 bits per heavy atom. The first kappa shape index (κ1) is 90.7. The molecule has 3 saturated heterocycles. The number of fused-ring (bicyclic) bond motifs is 2. The van der Waals surface area contributed by atoms with Crippen LogP contribution in [0.2, 0.25) is 0 Å². The Kier molecular flexibility index (Phi) is 28.0. The van der Waals surface area contributed by atoms with Crippen LogP contribution in [0.3, 0.4) is 0 Å². The fourth-order valence-corrected chi connectivity index (χ4v) is 16.0. The van der Waals surface area contributed by atoms with Crippen LogP contribution >= 0.6 is 0 Å². The van der Waals surface area contributed by atoms with Gasteiger partial charge in [0.2, 0.25) is 17.7 Å². The average molecular weight is 1740 g/mol. The van der Waals surface area contributed by atoms with Crippen LogP contribution in [0.4, 0.5) is 49.9 Å². The molecule has 6 heterocycles. The Hall–Kier alpha value is -13.5. The van der Waals surface area contributed by atoms with Gasteiger partial charge in [-0.25, -0.2) is 47.1 Å². The van der Waals surface area contributed by atoms with Crippen molar-refractivity contribution in [3.63, 3.8) is 0 Å². The van der Waals surface area contributed by atoms with E-state index in [0.717, 1.165) is 140 Å². The summed E-state index contributed by atoms with van der Waals surface area (Å²) in [7, 11) is 2.05. The number of benzene rings is 8. The van der Waals surface area contributed by atoms with Crippen molar-refractivity contribution in [3.8, 4) is 39.5 Å². The van der Waals surface area contributed by atoms with Crippen molar-refractivity contribution in [2.45, 2.75) is 131 Å². The molecule has 11 aromatic rings. The molecule has 0 atom stereocenters. The fraction of sp³-hybridized carbons (Fsp3) is 0.306. The lowest BCUT2D eigenvalue weighted by molar-refractivity contribution is -0.122. The van der Waals surface area contributed by atoms with Gasteiger partial charge in [0.15, 0.2) is 5.78 Å². The maximum Gasteiger partial charge on any atom is 0.328 e. The number of H-pyrrole nitrogens is 1. The first-order valence-corrected chi connectivity index (χ1v) is 42.5. The molecule has 3 fully saturated rings. The van der Waals surface area contributed by atoms with E-state index in [9.17, 15) is 57.4 Å². The van der Waals surface area contributed by atoms with Crippen LogP contribution in [0.15, 0.2) is 170 Å². The first-order chi connectivity index (χ1) is 61.2. The molecule has 8 N–H and O–H groups in total. The van der Waals surface area contributed by atoms with E-state index in [-0.39, 0.29) is 72.0 Å². The molecule has 15 rings (SSSR count). The van der Waals surface area contributed by atoms with Gasteiger partial charge in [-0.3, -0.25) is 54.1 Å². The number of aliphatic hydroxyl groups is 2. The number of unbranched alkanes of at least 4 members (excludes halogenated alkanes) is 1. The minimum Gasteiger partial charge on any atom is -0.486 e. The summed E-state index contributed by atoms with van der Waals surface area (Å²) in [6.45, 7) is 19.1. The van der Waals surface area contributed by atoms with Crippen molar-refractivity contribution in [1.82, 2.24) is 55.6 Å². The summed E-state index contributed by atoms with van der Waals surface area (Å²) in [4.78, 5) is 131. The van der Waals surface area contributed by atoms with E-state index < -0.39 is 58.3 Å². The van der Waals surface area contributed by atoms with Gasteiger partial charge in [-0.15, -0.1) is 0 Å². The molecular formula is C98H101F4N15O11. The quantitative estimate of drug-likeness (QED) is 0.0153. The molecular weight excluding hydrogens is 1640 g/mol. The third-order valence-corrected chi connectivity index (χ3v) is 23.4. The number of Topliss-reactive ketones (excluding diaryl/α,β-unsaturated/α-hetero) is 1. The zero-order valence-electron chi connectivity index (χ0n) is 72.5. The normalized spacial score (nSPS) is 14.4. The molecule has 0 spiro atoms. The van der Waals surface area contributed by atoms with Gasteiger partial charge in [0.1, 0.15) is 53.9 Å². The van der Waals surface area contributed by atoms with Gasteiger partial charge in [-0.05, 0) is 228 Å². The van der Waals surface area contributed by atoms with Crippen LogP contribution in [0, 0.1) is 44.0 Å². The number of allylic oxidation sites excluding steroid dienone is 1. The number of carbonyl (C=O) groups is 8. The van der Waals surface area contributed by atoms with Crippen LogP contribution in [-0.4, -0.2) is 163 Å². The number of hydrogen-bond acceptors (Lipinski definition) is 18. The number of aryl methyl sites for hydroxylation is 1. The van der Waals surface area contributed by atoms with E-state index in [4.69, 9.17) is 4.74 Å². The fourth-order valence-electron chi connectivity index (χ4n) is 16.0. The highest BCUT2D eigenvalue weighted by Gasteiger charge is 2.31. The second kappa shape index (κ2) is 39.6. The molecule has 0 radical (unpaired) electrons. The predicted octanol–water partition coefficient (Wildman–Crippen LogP) is 15.3. The molecule has 662 valence electrons. The number of urea groups is 2. The highest BCUT2D eigenvalue weighted by atomic mass is 19.1. The highest BCUT2D eigenvalue weighted by Crippen LogP contribution is 2.41. The largest absolute Gasteiger partial charge is 0.486 e. The molecule has 3 aromatic heterocycles. The zero-order valence-corrected chi connectivity index (χ0v) is 72.5. The molecule has 0 unspecified atom stereocenters. The van der Waals surface area contributed by atoms with Gasteiger partial charge in [0.05, 0.1) is 39.4 Å². The summed E-state index contributed by atoms with van der Waals surface area (Å²) in [6.07, 6.45) is 9.01. The molecule has 3 aliphatic heterocycles. The van der Waals surface area contributed by atoms with Crippen molar-refractivity contribution >= 4 is 92.8 Å². The predicted molar refractivity (Wildman–Crippen MR) is 481 cm³/mol. The smallest absolute Gasteiger partial charge is 0.328 e. The van der Waals surface area contributed by atoms with E-state index in [1.165, 1.54) is 99.3 Å². The summed E-state index contributed by atoms with van der Waals surface area (Å²) in [5.41, 5.74) is 12.2. The highest BCUT2D eigenvalue weighted by molar-refractivity contribution is 6.09. The van der Waals surface area contributed by atoms with Gasteiger partial charge in [-0.1, -0.05) is 78.9 Å². The number of aromatic amines is 1. The Morgan fingerprint density at radius 3 is 1.77 bits per heavy atom. The number of hydrogen-bond donors (Lipinski definition) is 8.